The van der Waals surface area contributed by atoms with Gasteiger partial charge in [0.15, 0.2) is 5.03 Å². The molecule has 0 aromatic heterocycles. The van der Waals surface area contributed by atoms with Crippen LogP contribution in [0.2, 0.25) is 0 Å². The average Bonchev–Trinajstić information content (AvgIpc) is 2.45. The summed E-state index contributed by atoms with van der Waals surface area (Å²) in [4.78, 5) is 33.7. The summed E-state index contributed by atoms with van der Waals surface area (Å²) in [5.74, 6) is -2.15. The molecule has 0 saturated carbocycles. The van der Waals surface area contributed by atoms with Gasteiger partial charge in [0.25, 0.3) is 5.91 Å². The fraction of sp³-hybridized carbons (Fsp3) is 0.200. The minimum absolute atomic E-state index is 0.143. The van der Waals surface area contributed by atoms with E-state index >= 15 is 0 Å². The first-order valence-electron chi connectivity index (χ1n) is 5.18. The lowest BCUT2D eigenvalue weighted by Gasteiger charge is -2.09. The summed E-state index contributed by atoms with van der Waals surface area (Å²) in [7, 11) is 0. The first kappa shape index (κ1) is 13.8. The third-order valence-corrected chi connectivity index (χ3v) is 2.63. The summed E-state index contributed by atoms with van der Waals surface area (Å²) in [5, 5.41) is 9.26. The molecule has 2 rings (SSSR count). The molecule has 0 fully saturated rings. The van der Waals surface area contributed by atoms with Crippen LogP contribution in [-0.2, 0) is 17.4 Å². The lowest BCUT2D eigenvalue weighted by Crippen LogP contribution is -2.48. The van der Waals surface area contributed by atoms with Gasteiger partial charge in [0, 0.05) is 10.7 Å². The van der Waals surface area contributed by atoms with Gasteiger partial charge in [0.05, 0.1) is 12.0 Å². The Hall–Kier alpha value is -2.65. The summed E-state index contributed by atoms with van der Waals surface area (Å²) in [5.41, 5.74) is 0.243. The SMILES string of the molecule is O=C1NN([N+](=O)[O-])C(=O)Cc2cc(C(F)(F)F)ccc21. The van der Waals surface area contributed by atoms with E-state index in [-0.39, 0.29) is 16.2 Å². The molecule has 0 radical (unpaired) electrons. The normalized spacial score (nSPS) is 15.4. The lowest BCUT2D eigenvalue weighted by atomic mass is 10.0. The first-order valence-corrected chi connectivity index (χ1v) is 5.18. The highest BCUT2D eigenvalue weighted by Gasteiger charge is 2.36. The van der Waals surface area contributed by atoms with Crippen molar-refractivity contribution in [2.45, 2.75) is 12.6 Å². The third kappa shape index (κ3) is 2.39. The molecule has 10 heteroatoms. The van der Waals surface area contributed by atoms with Crippen molar-refractivity contribution in [1.82, 2.24) is 10.5 Å². The van der Waals surface area contributed by atoms with E-state index in [4.69, 9.17) is 0 Å². The standard InChI is InChI=1S/C10H6F3N3O4/c11-10(12,13)6-1-2-7-5(3-6)4-8(17)15(16(19)20)14-9(7)18/h1-3H,4H2,(H,14,18). The van der Waals surface area contributed by atoms with E-state index < -0.39 is 35.0 Å². The molecule has 0 spiro atoms. The predicted molar refractivity (Wildman–Crippen MR) is 56.5 cm³/mol. The molecule has 106 valence electrons. The monoisotopic (exact) mass is 289 g/mol. The number of halogens is 3. The van der Waals surface area contributed by atoms with Crippen LogP contribution in [0, 0.1) is 10.1 Å². The van der Waals surface area contributed by atoms with Crippen LogP contribution < -0.4 is 5.43 Å². The zero-order valence-electron chi connectivity index (χ0n) is 9.60. The molecule has 1 heterocycles. The second-order valence-corrected chi connectivity index (χ2v) is 3.93. The van der Waals surface area contributed by atoms with Gasteiger partial charge in [-0.05, 0) is 23.8 Å². The molecule has 20 heavy (non-hydrogen) atoms. The van der Waals surface area contributed by atoms with Crippen molar-refractivity contribution in [2.24, 2.45) is 0 Å². The number of nitrogens with zero attached hydrogens (tertiary/aromatic N) is 2. The summed E-state index contributed by atoms with van der Waals surface area (Å²) in [6.07, 6.45) is -5.32. The van der Waals surface area contributed by atoms with Gasteiger partial charge in [-0.25, -0.2) is 15.5 Å². The molecule has 7 nitrogen and oxygen atoms in total. The second kappa shape index (κ2) is 4.47. The van der Waals surface area contributed by atoms with Crippen LogP contribution in [0.4, 0.5) is 13.2 Å². The quantitative estimate of drug-likeness (QED) is 0.614. The van der Waals surface area contributed by atoms with E-state index in [9.17, 15) is 32.9 Å². The molecule has 1 aliphatic rings. The van der Waals surface area contributed by atoms with Gasteiger partial charge < -0.3 is 0 Å². The fourth-order valence-electron chi connectivity index (χ4n) is 1.73. The van der Waals surface area contributed by atoms with E-state index in [2.05, 4.69) is 0 Å². The Morgan fingerprint density at radius 1 is 1.30 bits per heavy atom. The molecular formula is C10H6F3N3O4. The summed E-state index contributed by atoms with van der Waals surface area (Å²) >= 11 is 0. The number of hydrogen-bond donors (Lipinski definition) is 1. The van der Waals surface area contributed by atoms with Gasteiger partial charge in [-0.2, -0.15) is 13.2 Å². The number of amides is 2. The molecule has 0 aliphatic carbocycles. The van der Waals surface area contributed by atoms with E-state index in [0.29, 0.717) is 12.1 Å². The number of carbonyl (C=O) groups is 2. The minimum Gasteiger partial charge on any atom is -0.267 e. The Morgan fingerprint density at radius 2 is 1.95 bits per heavy atom. The van der Waals surface area contributed by atoms with Gasteiger partial charge in [-0.15, -0.1) is 0 Å². The van der Waals surface area contributed by atoms with Crippen LogP contribution >= 0.6 is 0 Å². The van der Waals surface area contributed by atoms with Crippen molar-refractivity contribution in [3.63, 3.8) is 0 Å². The number of benzene rings is 1. The Bertz CT molecular complexity index is 614. The number of hydrogen-bond acceptors (Lipinski definition) is 4. The maximum atomic E-state index is 12.6. The van der Waals surface area contributed by atoms with Gasteiger partial charge >= 0.3 is 12.1 Å². The molecule has 0 saturated heterocycles. The van der Waals surface area contributed by atoms with E-state index in [0.717, 1.165) is 6.07 Å². The van der Waals surface area contributed by atoms with Crippen molar-refractivity contribution in [1.29, 1.82) is 0 Å². The lowest BCUT2D eigenvalue weighted by molar-refractivity contribution is -0.645. The Labute approximate surface area is 109 Å². The number of rotatable bonds is 1. The molecule has 0 atom stereocenters. The molecule has 0 unspecified atom stereocenters. The smallest absolute Gasteiger partial charge is 0.267 e. The summed E-state index contributed by atoms with van der Waals surface area (Å²) in [6, 6.07) is 2.19. The van der Waals surface area contributed by atoms with E-state index in [1.807, 2.05) is 0 Å². The highest BCUT2D eigenvalue weighted by atomic mass is 19.4. The summed E-state index contributed by atoms with van der Waals surface area (Å²) < 4.78 is 37.7. The van der Waals surface area contributed by atoms with Gasteiger partial charge in [0.1, 0.15) is 0 Å². The summed E-state index contributed by atoms with van der Waals surface area (Å²) in [6.45, 7) is 0. The molecule has 2 amide bonds. The van der Waals surface area contributed by atoms with E-state index in [1.165, 1.54) is 0 Å². The average molecular weight is 289 g/mol. The number of alkyl halides is 3. The number of carbonyl (C=O) groups excluding carboxylic acids is 2. The van der Waals surface area contributed by atoms with E-state index in [1.54, 1.807) is 5.43 Å². The van der Waals surface area contributed by atoms with Gasteiger partial charge in [0.2, 0.25) is 0 Å². The number of fused-ring (bicyclic) bond motifs is 1. The third-order valence-electron chi connectivity index (χ3n) is 2.63. The second-order valence-electron chi connectivity index (χ2n) is 3.93. The van der Waals surface area contributed by atoms with Crippen LogP contribution in [0.1, 0.15) is 21.5 Å². The molecule has 0 bridgehead atoms. The maximum absolute atomic E-state index is 12.6. The highest BCUT2D eigenvalue weighted by molar-refractivity contribution is 5.99. The Balaban J connectivity index is 2.48. The van der Waals surface area contributed by atoms with Crippen LogP contribution in [0.5, 0.6) is 0 Å². The minimum atomic E-state index is -4.64. The molecule has 1 N–H and O–H groups in total. The Morgan fingerprint density at radius 3 is 2.50 bits per heavy atom. The van der Waals surface area contributed by atoms with Crippen molar-refractivity contribution >= 4 is 11.8 Å². The van der Waals surface area contributed by atoms with Crippen molar-refractivity contribution in [3.8, 4) is 0 Å². The molecule has 1 aliphatic heterocycles. The predicted octanol–water partition coefficient (Wildman–Crippen LogP) is 0.927. The van der Waals surface area contributed by atoms with Crippen LogP contribution in [0.25, 0.3) is 0 Å². The van der Waals surface area contributed by atoms with Gasteiger partial charge in [-0.1, -0.05) is 0 Å². The van der Waals surface area contributed by atoms with Crippen LogP contribution in [0.15, 0.2) is 18.2 Å². The highest BCUT2D eigenvalue weighted by Crippen LogP contribution is 2.31. The van der Waals surface area contributed by atoms with Crippen molar-refractivity contribution in [2.75, 3.05) is 0 Å². The number of nitro groups is 1. The zero-order chi connectivity index (χ0) is 15.1. The maximum Gasteiger partial charge on any atom is 0.416 e. The first-order chi connectivity index (χ1) is 9.20. The topological polar surface area (TPSA) is 92.6 Å². The molecule has 1 aromatic rings. The molecule has 1 aromatic carbocycles. The Kier molecular flexibility index (Phi) is 3.08. The van der Waals surface area contributed by atoms with Crippen LogP contribution in [0.3, 0.4) is 0 Å². The van der Waals surface area contributed by atoms with Crippen molar-refractivity contribution < 1.29 is 27.8 Å². The molecular weight excluding hydrogens is 283 g/mol. The van der Waals surface area contributed by atoms with Gasteiger partial charge in [-0.3, -0.25) is 9.59 Å². The van der Waals surface area contributed by atoms with Crippen molar-refractivity contribution in [3.05, 3.63) is 45.0 Å². The largest absolute Gasteiger partial charge is 0.416 e. The fourth-order valence-corrected chi connectivity index (χ4v) is 1.73. The number of nitrogens with one attached hydrogen (secondary N) is 1. The zero-order valence-corrected chi connectivity index (χ0v) is 9.60. The van der Waals surface area contributed by atoms with Crippen LogP contribution in [-0.4, -0.2) is 22.0 Å². The number of hydrazine groups is 2.